The summed E-state index contributed by atoms with van der Waals surface area (Å²) in [4.78, 5) is 27.6. The number of hydrogen-bond acceptors (Lipinski definition) is 6. The van der Waals surface area contributed by atoms with Crippen molar-refractivity contribution in [3.05, 3.63) is 38.3 Å². The van der Waals surface area contributed by atoms with Gasteiger partial charge >= 0.3 is 5.97 Å². The van der Waals surface area contributed by atoms with Crippen molar-refractivity contribution in [1.29, 1.82) is 0 Å². The number of benzene rings is 1. The van der Waals surface area contributed by atoms with Gasteiger partial charge < -0.3 is 10.1 Å². The van der Waals surface area contributed by atoms with Crippen LogP contribution in [0.5, 0.6) is 0 Å². The summed E-state index contributed by atoms with van der Waals surface area (Å²) in [6.45, 7) is 1.38. The molecule has 0 saturated heterocycles. The fourth-order valence-electron chi connectivity index (χ4n) is 1.54. The topological polar surface area (TPSA) is 68.3 Å². The number of thiazole rings is 1. The van der Waals surface area contributed by atoms with Gasteiger partial charge in [0.15, 0.2) is 16.6 Å². The molecule has 110 valence electrons. The highest BCUT2D eigenvalue weighted by atomic mass is 79.9. The zero-order valence-corrected chi connectivity index (χ0v) is 14.2. The summed E-state index contributed by atoms with van der Waals surface area (Å²) in [7, 11) is 1.25. The van der Waals surface area contributed by atoms with E-state index in [0.717, 1.165) is 21.5 Å². The minimum atomic E-state index is -0.637. The molecule has 5 nitrogen and oxygen atoms in total. The minimum absolute atomic E-state index is 0.0190. The van der Waals surface area contributed by atoms with Gasteiger partial charge in [-0.05, 0) is 34.1 Å². The number of nitrogens with zero attached hydrogens (tertiary/aromatic N) is 1. The van der Waals surface area contributed by atoms with Crippen LogP contribution in [-0.4, -0.2) is 23.8 Å². The summed E-state index contributed by atoms with van der Waals surface area (Å²) in [6.07, 6.45) is 0. The molecule has 0 bridgehead atoms. The van der Waals surface area contributed by atoms with Crippen LogP contribution in [0.2, 0.25) is 5.02 Å². The van der Waals surface area contributed by atoms with Gasteiger partial charge in [0, 0.05) is 17.1 Å². The number of anilines is 2. The lowest BCUT2D eigenvalue weighted by Gasteiger charge is -2.03. The molecule has 21 heavy (non-hydrogen) atoms. The summed E-state index contributed by atoms with van der Waals surface area (Å²) in [5, 5.41) is 4.03. The lowest BCUT2D eigenvalue weighted by atomic mass is 10.3. The molecule has 0 aliphatic heterocycles. The van der Waals surface area contributed by atoms with E-state index in [0.29, 0.717) is 10.2 Å². The Bertz CT molecular complexity index is 717. The van der Waals surface area contributed by atoms with Gasteiger partial charge in [-0.2, -0.15) is 0 Å². The number of carbonyl (C=O) groups excluding carboxylic acids is 2. The lowest BCUT2D eigenvalue weighted by molar-refractivity contribution is 0.0591. The van der Waals surface area contributed by atoms with Crippen LogP contribution in [0, 0.1) is 0 Å². The Morgan fingerprint density at radius 1 is 1.43 bits per heavy atom. The number of hydrogen-bond donors (Lipinski definition) is 1. The zero-order valence-electron chi connectivity index (χ0n) is 11.1. The Morgan fingerprint density at radius 3 is 2.71 bits per heavy atom. The van der Waals surface area contributed by atoms with Gasteiger partial charge in [0.2, 0.25) is 0 Å². The third kappa shape index (κ3) is 3.61. The molecule has 0 aliphatic rings. The Morgan fingerprint density at radius 2 is 2.14 bits per heavy atom. The predicted octanol–water partition coefficient (Wildman–Crippen LogP) is 4.29. The second-order valence-electron chi connectivity index (χ2n) is 4.00. The van der Waals surface area contributed by atoms with E-state index in [4.69, 9.17) is 11.6 Å². The highest BCUT2D eigenvalue weighted by molar-refractivity contribution is 9.10. The lowest BCUT2D eigenvalue weighted by Crippen LogP contribution is -2.07. The van der Waals surface area contributed by atoms with Crippen LogP contribution in [-0.2, 0) is 4.74 Å². The Labute approximate surface area is 138 Å². The van der Waals surface area contributed by atoms with Gasteiger partial charge in [-0.1, -0.05) is 22.9 Å². The maximum Gasteiger partial charge on any atom is 0.358 e. The van der Waals surface area contributed by atoms with Crippen molar-refractivity contribution < 1.29 is 14.3 Å². The van der Waals surface area contributed by atoms with E-state index in [2.05, 4.69) is 31.0 Å². The smallest absolute Gasteiger partial charge is 0.358 e. The molecule has 0 atom stereocenters. The number of esters is 1. The monoisotopic (exact) mass is 388 g/mol. The summed E-state index contributed by atoms with van der Waals surface area (Å²) in [5.74, 6) is -0.875. The summed E-state index contributed by atoms with van der Waals surface area (Å²) in [5.41, 5.74) is 0.747. The first-order valence-electron chi connectivity index (χ1n) is 5.74. The second-order valence-corrected chi connectivity index (χ2v) is 6.26. The average Bonchev–Trinajstić information content (AvgIpc) is 2.86. The molecule has 0 unspecified atom stereocenters. The van der Waals surface area contributed by atoms with Gasteiger partial charge in [-0.15, -0.1) is 0 Å². The largest absolute Gasteiger partial charge is 0.464 e. The molecule has 1 aromatic heterocycles. The van der Waals surface area contributed by atoms with Gasteiger partial charge in [-0.3, -0.25) is 4.79 Å². The highest BCUT2D eigenvalue weighted by Crippen LogP contribution is 2.30. The molecule has 1 aromatic carbocycles. The number of halogens is 2. The second kappa shape index (κ2) is 6.55. The van der Waals surface area contributed by atoms with Gasteiger partial charge in [-0.25, -0.2) is 9.78 Å². The molecule has 2 rings (SSSR count). The molecule has 0 saturated carbocycles. The SMILES string of the molecule is COC(=O)c1nc(Nc2ccc(Cl)c(Br)c2)sc1C(C)=O. The number of rotatable bonds is 4. The maximum absolute atomic E-state index is 11.6. The van der Waals surface area contributed by atoms with Crippen LogP contribution in [0.15, 0.2) is 22.7 Å². The van der Waals surface area contributed by atoms with E-state index in [9.17, 15) is 9.59 Å². The van der Waals surface area contributed by atoms with E-state index in [1.807, 2.05) is 0 Å². The van der Waals surface area contributed by atoms with Crippen molar-refractivity contribution in [1.82, 2.24) is 4.98 Å². The summed E-state index contributed by atoms with van der Waals surface area (Å²) in [6, 6.07) is 5.25. The molecule has 0 aliphatic carbocycles. The Hall–Kier alpha value is -1.44. The number of nitrogens with one attached hydrogen (secondary N) is 1. The quantitative estimate of drug-likeness (QED) is 0.624. The Kier molecular flexibility index (Phi) is 4.97. The fraction of sp³-hybridized carbons (Fsp3) is 0.154. The van der Waals surface area contributed by atoms with Crippen LogP contribution in [0.25, 0.3) is 0 Å². The first-order valence-corrected chi connectivity index (χ1v) is 7.73. The van der Waals surface area contributed by atoms with Crippen LogP contribution < -0.4 is 5.32 Å². The van der Waals surface area contributed by atoms with Crippen molar-refractivity contribution in [2.75, 3.05) is 12.4 Å². The highest BCUT2D eigenvalue weighted by Gasteiger charge is 2.21. The normalized spacial score (nSPS) is 10.3. The van der Waals surface area contributed by atoms with E-state index in [1.165, 1.54) is 14.0 Å². The first kappa shape index (κ1) is 15.9. The first-order chi connectivity index (χ1) is 9.92. The zero-order chi connectivity index (χ0) is 15.6. The van der Waals surface area contributed by atoms with Gasteiger partial charge in [0.1, 0.15) is 4.88 Å². The van der Waals surface area contributed by atoms with E-state index in [-0.39, 0.29) is 16.4 Å². The third-order valence-corrected chi connectivity index (χ3v) is 4.78. The third-order valence-electron chi connectivity index (χ3n) is 2.50. The molecule has 2 aromatic rings. The van der Waals surface area contributed by atoms with E-state index >= 15 is 0 Å². The number of methoxy groups -OCH3 is 1. The van der Waals surface area contributed by atoms with Gasteiger partial charge in [0.25, 0.3) is 0 Å². The van der Waals surface area contributed by atoms with Crippen LogP contribution in [0.1, 0.15) is 27.1 Å². The van der Waals surface area contributed by atoms with Crippen molar-refractivity contribution >= 4 is 61.4 Å². The number of Topliss-reactive ketones (excluding diaryl/α,β-unsaturated/α-hetero) is 1. The summed E-state index contributed by atoms with van der Waals surface area (Å²) >= 11 is 10.3. The molecule has 8 heteroatoms. The molecule has 0 amide bonds. The van der Waals surface area contributed by atoms with Crippen LogP contribution in [0.3, 0.4) is 0 Å². The summed E-state index contributed by atoms with van der Waals surface area (Å²) < 4.78 is 5.35. The molecule has 0 spiro atoms. The fourth-order valence-corrected chi connectivity index (χ4v) is 2.91. The van der Waals surface area contributed by atoms with Crippen molar-refractivity contribution in [2.45, 2.75) is 6.92 Å². The van der Waals surface area contributed by atoms with Gasteiger partial charge in [0.05, 0.1) is 12.1 Å². The Balaban J connectivity index is 2.34. The van der Waals surface area contributed by atoms with Crippen LogP contribution in [0.4, 0.5) is 10.8 Å². The average molecular weight is 390 g/mol. The van der Waals surface area contributed by atoms with E-state index in [1.54, 1.807) is 18.2 Å². The molecule has 1 N–H and O–H groups in total. The number of carbonyl (C=O) groups is 2. The number of aromatic nitrogens is 1. The van der Waals surface area contributed by atoms with Crippen molar-refractivity contribution in [3.63, 3.8) is 0 Å². The molecular formula is C13H10BrClN2O3S. The molecular weight excluding hydrogens is 380 g/mol. The molecule has 0 radical (unpaired) electrons. The maximum atomic E-state index is 11.6. The predicted molar refractivity (Wildman–Crippen MR) is 85.9 cm³/mol. The van der Waals surface area contributed by atoms with Crippen LogP contribution >= 0.6 is 38.9 Å². The number of ether oxygens (including phenoxy) is 1. The van der Waals surface area contributed by atoms with Crippen molar-refractivity contribution in [2.24, 2.45) is 0 Å². The standard InChI is InChI=1S/C13H10BrClN2O3S/c1-6(18)11-10(12(19)20-2)17-13(21-11)16-7-3-4-9(15)8(14)5-7/h3-5H,1-2H3,(H,16,17). The molecule has 1 heterocycles. The van der Waals surface area contributed by atoms with Crippen molar-refractivity contribution in [3.8, 4) is 0 Å². The number of ketones is 1. The van der Waals surface area contributed by atoms with E-state index < -0.39 is 5.97 Å². The molecule has 0 fully saturated rings. The minimum Gasteiger partial charge on any atom is -0.464 e.